The minimum atomic E-state index is 0.663. The van der Waals surface area contributed by atoms with Crippen LogP contribution in [-0.4, -0.2) is 20.2 Å². The van der Waals surface area contributed by atoms with E-state index < -0.39 is 0 Å². The molecule has 0 aromatic carbocycles. The van der Waals surface area contributed by atoms with E-state index in [0.717, 1.165) is 26.4 Å². The lowest BCUT2D eigenvalue weighted by Crippen LogP contribution is -1.99. The van der Waals surface area contributed by atoms with Gasteiger partial charge in [0.15, 0.2) is 0 Å². The summed E-state index contributed by atoms with van der Waals surface area (Å²) in [6, 6.07) is 3.92. The van der Waals surface area contributed by atoms with Crippen molar-refractivity contribution in [3.8, 4) is 10.6 Å². The van der Waals surface area contributed by atoms with Crippen molar-refractivity contribution in [2.45, 2.75) is 13.5 Å². The van der Waals surface area contributed by atoms with Gasteiger partial charge in [-0.3, -0.25) is 4.98 Å². The maximum absolute atomic E-state index is 4.59. The maximum Gasteiger partial charge on any atom is 0.205 e. The Morgan fingerprint density at radius 2 is 2.05 bits per heavy atom. The highest BCUT2D eigenvalue weighted by Gasteiger charge is 2.05. The first-order chi connectivity index (χ1) is 9.31. The van der Waals surface area contributed by atoms with E-state index >= 15 is 0 Å². The van der Waals surface area contributed by atoms with Crippen molar-refractivity contribution in [2.75, 3.05) is 5.32 Å². The molecule has 3 aromatic rings. The number of aryl methyl sites for hydroxylation is 1. The highest BCUT2D eigenvalue weighted by molar-refractivity contribution is 7.15. The fraction of sp³-hybridized carbons (Fsp3) is 0.167. The number of anilines is 1. The molecular formula is C12H11N5S2. The van der Waals surface area contributed by atoms with Crippen LogP contribution >= 0.6 is 22.7 Å². The quantitative estimate of drug-likeness (QED) is 0.800. The van der Waals surface area contributed by atoms with Gasteiger partial charge < -0.3 is 5.32 Å². The van der Waals surface area contributed by atoms with Gasteiger partial charge in [-0.05, 0) is 19.1 Å². The summed E-state index contributed by atoms with van der Waals surface area (Å²) >= 11 is 3.18. The van der Waals surface area contributed by atoms with Gasteiger partial charge in [-0.15, -0.1) is 21.5 Å². The Balaban J connectivity index is 1.68. The summed E-state index contributed by atoms with van der Waals surface area (Å²) < 4.78 is 0. The fourth-order valence-electron chi connectivity index (χ4n) is 1.55. The van der Waals surface area contributed by atoms with Crippen molar-refractivity contribution in [1.82, 2.24) is 20.2 Å². The lowest BCUT2D eigenvalue weighted by molar-refractivity contribution is 1.01. The van der Waals surface area contributed by atoms with Crippen LogP contribution in [0.5, 0.6) is 0 Å². The van der Waals surface area contributed by atoms with Crippen LogP contribution in [0.25, 0.3) is 10.6 Å². The number of pyridine rings is 1. The number of nitrogens with one attached hydrogen (secondary N) is 1. The first-order valence-corrected chi connectivity index (χ1v) is 7.39. The predicted molar refractivity (Wildman–Crippen MR) is 77.3 cm³/mol. The molecule has 0 aliphatic carbocycles. The summed E-state index contributed by atoms with van der Waals surface area (Å²) in [5.41, 5.74) is 2.10. The average molecular weight is 289 g/mol. The summed E-state index contributed by atoms with van der Waals surface area (Å²) in [5.74, 6) is 0. The highest BCUT2D eigenvalue weighted by Crippen LogP contribution is 2.23. The van der Waals surface area contributed by atoms with Crippen molar-refractivity contribution in [3.05, 3.63) is 40.6 Å². The van der Waals surface area contributed by atoms with Crippen LogP contribution < -0.4 is 5.32 Å². The smallest absolute Gasteiger partial charge is 0.205 e. The molecule has 0 atom stereocenters. The Bertz CT molecular complexity index is 662. The molecule has 19 heavy (non-hydrogen) atoms. The fourth-order valence-corrected chi connectivity index (χ4v) is 2.96. The van der Waals surface area contributed by atoms with E-state index in [1.165, 1.54) is 0 Å². The van der Waals surface area contributed by atoms with E-state index in [9.17, 15) is 0 Å². The zero-order valence-electron chi connectivity index (χ0n) is 10.2. The molecule has 0 amide bonds. The summed E-state index contributed by atoms with van der Waals surface area (Å²) in [6.45, 7) is 2.60. The highest BCUT2D eigenvalue weighted by atomic mass is 32.1. The first-order valence-electron chi connectivity index (χ1n) is 5.70. The predicted octanol–water partition coefficient (Wildman–Crippen LogP) is 2.98. The molecule has 3 aromatic heterocycles. The number of rotatable bonds is 4. The molecule has 0 aliphatic heterocycles. The Morgan fingerprint density at radius 3 is 2.79 bits per heavy atom. The second kappa shape index (κ2) is 5.41. The molecule has 5 nitrogen and oxygen atoms in total. The van der Waals surface area contributed by atoms with Crippen molar-refractivity contribution in [1.29, 1.82) is 0 Å². The summed E-state index contributed by atoms with van der Waals surface area (Å²) in [5, 5.41) is 16.1. The summed E-state index contributed by atoms with van der Waals surface area (Å²) in [6.07, 6.45) is 3.55. The Hall–Kier alpha value is -1.86. The minimum absolute atomic E-state index is 0.663. The van der Waals surface area contributed by atoms with Crippen LogP contribution in [0.15, 0.2) is 29.9 Å². The molecule has 1 N–H and O–H groups in total. The Kier molecular flexibility index (Phi) is 3.47. The molecular weight excluding hydrogens is 278 g/mol. The van der Waals surface area contributed by atoms with Crippen LogP contribution in [0, 0.1) is 6.92 Å². The molecule has 0 spiro atoms. The molecule has 0 saturated carbocycles. The number of nitrogens with zero attached hydrogens (tertiary/aromatic N) is 4. The normalized spacial score (nSPS) is 10.6. The van der Waals surface area contributed by atoms with Gasteiger partial charge >= 0.3 is 0 Å². The van der Waals surface area contributed by atoms with E-state index in [1.54, 1.807) is 35.1 Å². The van der Waals surface area contributed by atoms with E-state index in [2.05, 4.69) is 30.9 Å². The van der Waals surface area contributed by atoms with Crippen molar-refractivity contribution >= 4 is 27.8 Å². The van der Waals surface area contributed by atoms with Crippen molar-refractivity contribution in [3.63, 3.8) is 0 Å². The first kappa shape index (κ1) is 12.2. The van der Waals surface area contributed by atoms with Gasteiger partial charge in [-0.1, -0.05) is 11.3 Å². The molecule has 0 fully saturated rings. The second-order valence-corrected chi connectivity index (χ2v) is 5.90. The van der Waals surface area contributed by atoms with Gasteiger partial charge in [-0.2, -0.15) is 0 Å². The molecule has 0 radical (unpaired) electrons. The number of thiazole rings is 1. The van der Waals surface area contributed by atoms with Crippen LogP contribution in [0.1, 0.15) is 10.7 Å². The van der Waals surface area contributed by atoms with E-state index in [-0.39, 0.29) is 0 Å². The van der Waals surface area contributed by atoms with Gasteiger partial charge in [-0.25, -0.2) is 4.98 Å². The van der Waals surface area contributed by atoms with E-state index in [0.29, 0.717) is 6.54 Å². The Morgan fingerprint density at radius 1 is 1.21 bits per heavy atom. The zero-order valence-corrected chi connectivity index (χ0v) is 11.8. The molecule has 3 rings (SSSR count). The molecule has 0 aliphatic rings. The SMILES string of the molecule is Cc1nnc(NCc2csc(-c3ccncc3)n2)s1. The summed E-state index contributed by atoms with van der Waals surface area (Å²) in [4.78, 5) is 8.59. The molecule has 0 unspecified atom stereocenters. The monoisotopic (exact) mass is 289 g/mol. The number of hydrogen-bond acceptors (Lipinski definition) is 7. The zero-order chi connectivity index (χ0) is 13.1. The Labute approximate surface area is 118 Å². The topological polar surface area (TPSA) is 63.6 Å². The second-order valence-electron chi connectivity index (χ2n) is 3.86. The number of aromatic nitrogens is 4. The van der Waals surface area contributed by atoms with Gasteiger partial charge in [0.1, 0.15) is 10.0 Å². The van der Waals surface area contributed by atoms with Gasteiger partial charge in [0.25, 0.3) is 0 Å². The largest absolute Gasteiger partial charge is 0.354 e. The van der Waals surface area contributed by atoms with Crippen LogP contribution in [-0.2, 0) is 6.54 Å². The lowest BCUT2D eigenvalue weighted by Gasteiger charge is -1.97. The summed E-state index contributed by atoms with van der Waals surface area (Å²) in [7, 11) is 0. The minimum Gasteiger partial charge on any atom is -0.354 e. The molecule has 3 heterocycles. The van der Waals surface area contributed by atoms with Gasteiger partial charge in [0.05, 0.1) is 12.2 Å². The van der Waals surface area contributed by atoms with E-state index in [1.807, 2.05) is 19.1 Å². The molecule has 0 bridgehead atoms. The number of hydrogen-bond donors (Lipinski definition) is 1. The molecule has 0 saturated heterocycles. The van der Waals surface area contributed by atoms with Crippen LogP contribution in [0.3, 0.4) is 0 Å². The third kappa shape index (κ3) is 2.94. The third-order valence-electron chi connectivity index (χ3n) is 2.43. The lowest BCUT2D eigenvalue weighted by atomic mass is 10.3. The van der Waals surface area contributed by atoms with Gasteiger partial charge in [0.2, 0.25) is 5.13 Å². The maximum atomic E-state index is 4.59. The standard InChI is InChI=1S/C12H11N5S2/c1-8-16-17-12(19-8)14-6-10-7-18-11(15-10)9-2-4-13-5-3-9/h2-5,7H,6H2,1H3,(H,14,17). The van der Waals surface area contributed by atoms with Crippen LogP contribution in [0.2, 0.25) is 0 Å². The average Bonchev–Trinajstić information content (AvgIpc) is 3.06. The van der Waals surface area contributed by atoms with Gasteiger partial charge in [0, 0.05) is 23.3 Å². The van der Waals surface area contributed by atoms with Crippen molar-refractivity contribution < 1.29 is 0 Å². The van der Waals surface area contributed by atoms with Crippen molar-refractivity contribution in [2.24, 2.45) is 0 Å². The molecule has 96 valence electrons. The molecule has 7 heteroatoms. The van der Waals surface area contributed by atoms with E-state index in [4.69, 9.17) is 0 Å². The van der Waals surface area contributed by atoms with Crippen LogP contribution in [0.4, 0.5) is 5.13 Å². The third-order valence-corrected chi connectivity index (χ3v) is 4.16.